The molecule has 0 spiro atoms. The first-order chi connectivity index (χ1) is 11.5. The molecule has 2 atom stereocenters. The van der Waals surface area contributed by atoms with Crippen molar-refractivity contribution >= 4 is 17.7 Å². The number of benzene rings is 2. The minimum atomic E-state index is -0.107. The van der Waals surface area contributed by atoms with E-state index in [1.165, 1.54) is 41.5 Å². The van der Waals surface area contributed by atoms with Crippen LogP contribution in [0, 0.1) is 6.92 Å². The van der Waals surface area contributed by atoms with Crippen molar-refractivity contribution in [1.82, 2.24) is 5.32 Å². The van der Waals surface area contributed by atoms with Crippen LogP contribution in [0.15, 0.2) is 47.4 Å². The van der Waals surface area contributed by atoms with E-state index in [9.17, 15) is 4.79 Å². The highest BCUT2D eigenvalue weighted by Crippen LogP contribution is 2.27. The molecule has 0 saturated heterocycles. The second-order valence-corrected chi connectivity index (χ2v) is 8.10. The van der Waals surface area contributed by atoms with Crippen LogP contribution in [-0.2, 0) is 17.6 Å². The lowest BCUT2D eigenvalue weighted by Crippen LogP contribution is -2.33. The molecule has 0 bridgehead atoms. The average Bonchev–Trinajstić information content (AvgIpc) is 3.04. The molecule has 126 valence electrons. The zero-order valence-corrected chi connectivity index (χ0v) is 15.5. The summed E-state index contributed by atoms with van der Waals surface area (Å²) in [4.78, 5) is 13.6. The van der Waals surface area contributed by atoms with Crippen molar-refractivity contribution in [2.45, 2.75) is 56.2 Å². The van der Waals surface area contributed by atoms with Crippen LogP contribution < -0.4 is 5.32 Å². The molecule has 0 saturated carbocycles. The lowest BCUT2D eigenvalue weighted by molar-refractivity contribution is -0.120. The van der Waals surface area contributed by atoms with Crippen molar-refractivity contribution in [3.63, 3.8) is 0 Å². The normalized spacial score (nSPS) is 15.6. The molecule has 1 N–H and O–H groups in total. The van der Waals surface area contributed by atoms with Crippen LogP contribution in [0.25, 0.3) is 0 Å². The first kappa shape index (κ1) is 17.1. The average molecular weight is 340 g/mol. The van der Waals surface area contributed by atoms with Gasteiger partial charge in [-0.05, 0) is 68.9 Å². The predicted octanol–water partition coefficient (Wildman–Crippen LogP) is 4.84. The van der Waals surface area contributed by atoms with E-state index in [2.05, 4.69) is 61.6 Å². The molecule has 1 amide bonds. The summed E-state index contributed by atoms with van der Waals surface area (Å²) in [5.41, 5.74) is 5.37. The highest BCUT2D eigenvalue weighted by molar-refractivity contribution is 8.00. The molecule has 3 rings (SSSR count). The van der Waals surface area contributed by atoms with Crippen molar-refractivity contribution in [2.24, 2.45) is 0 Å². The molecule has 0 fully saturated rings. The SMILES string of the molecule is Cc1ccc(S[C@@H](C)C(=O)N[C@@H](C)c2ccc3c(c2)CCC3)cc1. The largest absolute Gasteiger partial charge is 0.349 e. The van der Waals surface area contributed by atoms with Crippen LogP contribution in [0.4, 0.5) is 0 Å². The standard InChI is InChI=1S/C21H25NOS/c1-14-7-11-20(12-8-14)24-16(3)21(23)22-15(2)18-10-9-17-5-4-6-19(17)13-18/h7-13,15-16H,4-6H2,1-3H3,(H,22,23)/t15-,16-/m0/s1. The topological polar surface area (TPSA) is 29.1 Å². The lowest BCUT2D eigenvalue weighted by atomic mass is 10.0. The summed E-state index contributed by atoms with van der Waals surface area (Å²) >= 11 is 1.61. The molecule has 1 aliphatic carbocycles. The van der Waals surface area contributed by atoms with Crippen LogP contribution in [0.5, 0.6) is 0 Å². The monoisotopic (exact) mass is 339 g/mol. The van der Waals surface area contributed by atoms with E-state index in [1.54, 1.807) is 11.8 Å². The molecule has 0 aromatic heterocycles. The predicted molar refractivity (Wildman–Crippen MR) is 102 cm³/mol. The number of carbonyl (C=O) groups is 1. The van der Waals surface area contributed by atoms with Gasteiger partial charge in [-0.2, -0.15) is 0 Å². The van der Waals surface area contributed by atoms with Gasteiger partial charge >= 0.3 is 0 Å². The highest BCUT2D eigenvalue weighted by atomic mass is 32.2. The van der Waals surface area contributed by atoms with E-state index in [1.807, 2.05) is 6.92 Å². The van der Waals surface area contributed by atoms with Gasteiger partial charge in [-0.1, -0.05) is 35.9 Å². The molecule has 24 heavy (non-hydrogen) atoms. The number of amides is 1. The summed E-state index contributed by atoms with van der Waals surface area (Å²) in [6, 6.07) is 15.0. The van der Waals surface area contributed by atoms with Gasteiger partial charge in [-0.25, -0.2) is 0 Å². The maximum absolute atomic E-state index is 12.5. The van der Waals surface area contributed by atoms with Crippen LogP contribution >= 0.6 is 11.8 Å². The fraction of sp³-hybridized carbons (Fsp3) is 0.381. The van der Waals surface area contributed by atoms with Crippen molar-refractivity contribution in [1.29, 1.82) is 0 Å². The van der Waals surface area contributed by atoms with Gasteiger partial charge in [0, 0.05) is 4.90 Å². The quantitative estimate of drug-likeness (QED) is 0.790. The molecule has 2 nitrogen and oxygen atoms in total. The van der Waals surface area contributed by atoms with Gasteiger partial charge in [0.2, 0.25) is 5.91 Å². The second kappa shape index (κ2) is 7.43. The van der Waals surface area contributed by atoms with Gasteiger partial charge in [-0.3, -0.25) is 4.79 Å². The third kappa shape index (κ3) is 4.02. The van der Waals surface area contributed by atoms with Gasteiger partial charge < -0.3 is 5.32 Å². The van der Waals surface area contributed by atoms with Gasteiger partial charge in [0.25, 0.3) is 0 Å². The molecular weight excluding hydrogens is 314 g/mol. The fourth-order valence-corrected chi connectivity index (χ4v) is 4.03. The van der Waals surface area contributed by atoms with E-state index in [-0.39, 0.29) is 17.2 Å². The van der Waals surface area contributed by atoms with Crippen molar-refractivity contribution < 1.29 is 4.79 Å². The highest BCUT2D eigenvalue weighted by Gasteiger charge is 2.19. The van der Waals surface area contributed by atoms with Crippen LogP contribution in [0.1, 0.15) is 48.6 Å². The van der Waals surface area contributed by atoms with Gasteiger partial charge in [0.05, 0.1) is 11.3 Å². The molecule has 2 aromatic carbocycles. The minimum absolute atomic E-state index is 0.0458. The number of aryl methyl sites for hydroxylation is 3. The zero-order chi connectivity index (χ0) is 17.1. The molecule has 0 heterocycles. The molecule has 3 heteroatoms. The molecule has 1 aliphatic rings. The van der Waals surface area contributed by atoms with Gasteiger partial charge in [-0.15, -0.1) is 11.8 Å². The van der Waals surface area contributed by atoms with Gasteiger partial charge in [0.1, 0.15) is 0 Å². The minimum Gasteiger partial charge on any atom is -0.349 e. The Morgan fingerprint density at radius 2 is 1.75 bits per heavy atom. The maximum Gasteiger partial charge on any atom is 0.233 e. The Morgan fingerprint density at radius 1 is 1.04 bits per heavy atom. The van der Waals surface area contributed by atoms with Crippen molar-refractivity contribution in [2.75, 3.05) is 0 Å². The second-order valence-electron chi connectivity index (χ2n) is 6.69. The third-order valence-electron chi connectivity index (χ3n) is 4.68. The summed E-state index contributed by atoms with van der Waals surface area (Å²) in [6.45, 7) is 6.11. The number of rotatable bonds is 5. The van der Waals surface area contributed by atoms with Crippen LogP contribution in [0.2, 0.25) is 0 Å². The Balaban J connectivity index is 1.60. The summed E-state index contributed by atoms with van der Waals surface area (Å²) in [6.07, 6.45) is 3.62. The van der Waals surface area contributed by atoms with Gasteiger partial charge in [0.15, 0.2) is 0 Å². The fourth-order valence-electron chi connectivity index (χ4n) is 3.15. The van der Waals surface area contributed by atoms with E-state index in [0.717, 1.165) is 4.90 Å². The Labute approximate surface area is 149 Å². The molecular formula is C21H25NOS. The summed E-state index contributed by atoms with van der Waals surface area (Å²) in [5.74, 6) is 0.0913. The zero-order valence-electron chi connectivity index (χ0n) is 14.6. The first-order valence-corrected chi connectivity index (χ1v) is 9.56. The number of thioether (sulfide) groups is 1. The van der Waals surface area contributed by atoms with Crippen molar-refractivity contribution in [3.05, 3.63) is 64.7 Å². The lowest BCUT2D eigenvalue weighted by Gasteiger charge is -2.18. The van der Waals surface area contributed by atoms with Crippen LogP contribution in [0.3, 0.4) is 0 Å². The Morgan fingerprint density at radius 3 is 2.50 bits per heavy atom. The number of nitrogens with one attached hydrogen (secondary N) is 1. The van der Waals surface area contributed by atoms with E-state index >= 15 is 0 Å². The Hall–Kier alpha value is -1.74. The van der Waals surface area contributed by atoms with E-state index in [4.69, 9.17) is 0 Å². The Bertz CT molecular complexity index is 723. The molecule has 2 aromatic rings. The number of fused-ring (bicyclic) bond motifs is 1. The molecule has 0 aliphatic heterocycles. The first-order valence-electron chi connectivity index (χ1n) is 8.68. The number of carbonyl (C=O) groups excluding carboxylic acids is 1. The van der Waals surface area contributed by atoms with E-state index < -0.39 is 0 Å². The number of hydrogen-bond acceptors (Lipinski definition) is 2. The smallest absolute Gasteiger partial charge is 0.233 e. The Kier molecular flexibility index (Phi) is 5.30. The maximum atomic E-state index is 12.5. The summed E-state index contributed by atoms with van der Waals surface area (Å²) in [7, 11) is 0. The molecule has 0 radical (unpaired) electrons. The van der Waals surface area contributed by atoms with Crippen LogP contribution in [-0.4, -0.2) is 11.2 Å². The summed E-state index contributed by atoms with van der Waals surface area (Å²) in [5, 5.41) is 3.05. The molecule has 0 unspecified atom stereocenters. The third-order valence-corrected chi connectivity index (χ3v) is 5.80. The number of hydrogen-bond donors (Lipinski definition) is 1. The van der Waals surface area contributed by atoms with Crippen molar-refractivity contribution in [3.8, 4) is 0 Å². The van der Waals surface area contributed by atoms with E-state index in [0.29, 0.717) is 0 Å². The summed E-state index contributed by atoms with van der Waals surface area (Å²) < 4.78 is 0.